The van der Waals surface area contributed by atoms with Gasteiger partial charge in [0.25, 0.3) is 0 Å². The van der Waals surface area contributed by atoms with Gasteiger partial charge in [-0.15, -0.1) is 5.10 Å². The predicted molar refractivity (Wildman–Crippen MR) is 72.8 cm³/mol. The molecule has 0 aliphatic heterocycles. The second-order valence-corrected chi connectivity index (χ2v) is 4.96. The van der Waals surface area contributed by atoms with Crippen molar-refractivity contribution in [1.82, 2.24) is 20.3 Å². The van der Waals surface area contributed by atoms with Crippen molar-refractivity contribution < 1.29 is 0 Å². The fourth-order valence-electron chi connectivity index (χ4n) is 1.93. The zero-order chi connectivity index (χ0) is 13.1. The van der Waals surface area contributed by atoms with Crippen LogP contribution in [0.1, 0.15) is 30.7 Å². The molecule has 1 N–H and O–H groups in total. The topological polar surface area (TPSA) is 42.7 Å². The Hall–Kier alpha value is -1.68. The van der Waals surface area contributed by atoms with Gasteiger partial charge in [0.2, 0.25) is 0 Å². The highest BCUT2D eigenvalue weighted by Crippen LogP contribution is 2.16. The predicted octanol–water partition coefficient (Wildman–Crippen LogP) is 2.38. The molecular weight excluding hydrogens is 224 g/mol. The van der Waals surface area contributed by atoms with Crippen LogP contribution in [0.4, 0.5) is 0 Å². The van der Waals surface area contributed by atoms with E-state index in [-0.39, 0.29) is 0 Å². The Morgan fingerprint density at radius 2 is 2.06 bits per heavy atom. The molecule has 4 heteroatoms. The second-order valence-electron chi connectivity index (χ2n) is 4.96. The second kappa shape index (κ2) is 5.31. The molecule has 0 aliphatic carbocycles. The minimum Gasteiger partial charge on any atom is -0.309 e. The van der Waals surface area contributed by atoms with Gasteiger partial charge >= 0.3 is 0 Å². The molecule has 0 unspecified atom stereocenters. The molecule has 2 rings (SSSR count). The summed E-state index contributed by atoms with van der Waals surface area (Å²) >= 11 is 0. The zero-order valence-corrected chi connectivity index (χ0v) is 11.4. The molecule has 18 heavy (non-hydrogen) atoms. The van der Waals surface area contributed by atoms with Gasteiger partial charge in [-0.3, -0.25) is 0 Å². The summed E-state index contributed by atoms with van der Waals surface area (Å²) in [4.78, 5) is 0. The lowest BCUT2D eigenvalue weighted by molar-refractivity contribution is 0.570. The Balaban J connectivity index is 2.30. The van der Waals surface area contributed by atoms with Gasteiger partial charge in [0, 0.05) is 12.6 Å². The maximum Gasteiger partial charge on any atom is 0.0783 e. The Morgan fingerprint density at radius 1 is 1.28 bits per heavy atom. The first-order valence-corrected chi connectivity index (χ1v) is 6.28. The molecule has 96 valence electrons. The molecule has 0 amide bonds. The summed E-state index contributed by atoms with van der Waals surface area (Å²) in [5.74, 6) is 0. The van der Waals surface area contributed by atoms with Gasteiger partial charge in [0.15, 0.2) is 0 Å². The minimum atomic E-state index is 0.451. The smallest absolute Gasteiger partial charge is 0.0783 e. The van der Waals surface area contributed by atoms with Crippen LogP contribution in [0.5, 0.6) is 0 Å². The molecule has 1 aromatic carbocycles. The third-order valence-corrected chi connectivity index (χ3v) is 2.89. The summed E-state index contributed by atoms with van der Waals surface area (Å²) in [6.45, 7) is 9.23. The van der Waals surface area contributed by atoms with Crippen LogP contribution in [-0.4, -0.2) is 21.0 Å². The Kier molecular flexibility index (Phi) is 3.77. The molecule has 0 saturated carbocycles. The SMILES string of the molecule is Cc1ccc(-n2nncc2CNC(C)C)c(C)c1. The fraction of sp³-hybridized carbons (Fsp3) is 0.429. The lowest BCUT2D eigenvalue weighted by atomic mass is 10.1. The summed E-state index contributed by atoms with van der Waals surface area (Å²) in [6, 6.07) is 6.81. The standard InChI is InChI=1S/C14H20N4/c1-10(2)15-8-13-9-16-17-18(13)14-6-5-11(3)7-12(14)4/h5-7,9-10,15H,8H2,1-4H3. The van der Waals surface area contributed by atoms with Gasteiger partial charge in [0.1, 0.15) is 0 Å². The van der Waals surface area contributed by atoms with Crippen molar-refractivity contribution in [3.8, 4) is 5.69 Å². The van der Waals surface area contributed by atoms with Gasteiger partial charge in [0.05, 0.1) is 17.6 Å². The van der Waals surface area contributed by atoms with E-state index in [0.29, 0.717) is 6.04 Å². The number of aromatic nitrogens is 3. The first-order chi connectivity index (χ1) is 8.58. The maximum absolute atomic E-state index is 4.18. The van der Waals surface area contributed by atoms with Gasteiger partial charge in [-0.05, 0) is 25.5 Å². The third kappa shape index (κ3) is 2.76. The van der Waals surface area contributed by atoms with Gasteiger partial charge in [-0.1, -0.05) is 36.8 Å². The molecule has 0 spiro atoms. The molecule has 0 radical (unpaired) electrons. The van der Waals surface area contributed by atoms with E-state index >= 15 is 0 Å². The minimum absolute atomic E-state index is 0.451. The Bertz CT molecular complexity index is 528. The van der Waals surface area contributed by atoms with Crippen LogP contribution in [0.3, 0.4) is 0 Å². The first-order valence-electron chi connectivity index (χ1n) is 6.28. The highest BCUT2D eigenvalue weighted by Gasteiger charge is 2.08. The fourth-order valence-corrected chi connectivity index (χ4v) is 1.93. The van der Waals surface area contributed by atoms with E-state index in [2.05, 4.69) is 61.5 Å². The number of aryl methyl sites for hydroxylation is 2. The van der Waals surface area contributed by atoms with Gasteiger partial charge < -0.3 is 5.32 Å². The summed E-state index contributed by atoms with van der Waals surface area (Å²) in [5.41, 5.74) is 4.65. The Labute approximate surface area is 108 Å². The summed E-state index contributed by atoms with van der Waals surface area (Å²) < 4.78 is 1.91. The summed E-state index contributed by atoms with van der Waals surface area (Å²) in [5, 5.41) is 11.6. The number of benzene rings is 1. The quantitative estimate of drug-likeness (QED) is 0.898. The Morgan fingerprint density at radius 3 is 2.72 bits per heavy atom. The number of nitrogens with one attached hydrogen (secondary N) is 1. The van der Waals surface area contributed by atoms with Crippen LogP contribution in [0.15, 0.2) is 24.4 Å². The third-order valence-electron chi connectivity index (χ3n) is 2.89. The average Bonchev–Trinajstić information content (AvgIpc) is 2.74. The lowest BCUT2D eigenvalue weighted by Gasteiger charge is -2.11. The highest BCUT2D eigenvalue weighted by atomic mass is 15.4. The summed E-state index contributed by atoms with van der Waals surface area (Å²) in [7, 11) is 0. The highest BCUT2D eigenvalue weighted by molar-refractivity contribution is 5.42. The van der Waals surface area contributed by atoms with E-state index in [1.165, 1.54) is 11.1 Å². The number of hydrogen-bond acceptors (Lipinski definition) is 3. The molecule has 0 bridgehead atoms. The van der Waals surface area contributed by atoms with E-state index in [0.717, 1.165) is 17.9 Å². The van der Waals surface area contributed by atoms with Crippen LogP contribution in [0.2, 0.25) is 0 Å². The molecule has 0 aliphatic rings. The van der Waals surface area contributed by atoms with Crippen LogP contribution >= 0.6 is 0 Å². The van der Waals surface area contributed by atoms with E-state index in [1.54, 1.807) is 0 Å². The van der Waals surface area contributed by atoms with Crippen molar-refractivity contribution in [3.05, 3.63) is 41.2 Å². The van der Waals surface area contributed by atoms with Crippen molar-refractivity contribution in [2.75, 3.05) is 0 Å². The number of nitrogens with zero attached hydrogens (tertiary/aromatic N) is 3. The van der Waals surface area contributed by atoms with Crippen molar-refractivity contribution in [2.24, 2.45) is 0 Å². The van der Waals surface area contributed by atoms with Crippen LogP contribution in [0.25, 0.3) is 5.69 Å². The van der Waals surface area contributed by atoms with Crippen LogP contribution in [0, 0.1) is 13.8 Å². The first kappa shape index (κ1) is 12.8. The van der Waals surface area contributed by atoms with Crippen LogP contribution in [-0.2, 0) is 6.54 Å². The van der Waals surface area contributed by atoms with E-state index in [9.17, 15) is 0 Å². The van der Waals surface area contributed by atoms with Crippen molar-refractivity contribution in [2.45, 2.75) is 40.3 Å². The zero-order valence-electron chi connectivity index (χ0n) is 11.4. The maximum atomic E-state index is 4.18. The lowest BCUT2D eigenvalue weighted by Crippen LogP contribution is -2.23. The van der Waals surface area contributed by atoms with Crippen molar-refractivity contribution in [1.29, 1.82) is 0 Å². The molecule has 2 aromatic rings. The monoisotopic (exact) mass is 244 g/mol. The molecule has 4 nitrogen and oxygen atoms in total. The molecule has 1 aromatic heterocycles. The average molecular weight is 244 g/mol. The van der Waals surface area contributed by atoms with Gasteiger partial charge in [-0.25, -0.2) is 4.68 Å². The number of hydrogen-bond donors (Lipinski definition) is 1. The van der Waals surface area contributed by atoms with Crippen molar-refractivity contribution in [3.63, 3.8) is 0 Å². The molecule has 1 heterocycles. The molecule has 0 fully saturated rings. The van der Waals surface area contributed by atoms with Gasteiger partial charge in [-0.2, -0.15) is 0 Å². The molecule has 0 saturated heterocycles. The van der Waals surface area contributed by atoms with E-state index in [4.69, 9.17) is 0 Å². The molecule has 0 atom stereocenters. The largest absolute Gasteiger partial charge is 0.309 e. The van der Waals surface area contributed by atoms with Crippen LogP contribution < -0.4 is 5.32 Å². The molecular formula is C14H20N4. The van der Waals surface area contributed by atoms with Crippen molar-refractivity contribution >= 4 is 0 Å². The number of rotatable bonds is 4. The van der Waals surface area contributed by atoms with E-state index in [1.807, 2.05) is 10.9 Å². The summed E-state index contributed by atoms with van der Waals surface area (Å²) in [6.07, 6.45) is 1.81. The normalized spacial score (nSPS) is 11.2. The van der Waals surface area contributed by atoms with E-state index < -0.39 is 0 Å².